The molecule has 0 aliphatic carbocycles. The summed E-state index contributed by atoms with van der Waals surface area (Å²) in [6.45, 7) is 3.90. The highest BCUT2D eigenvalue weighted by Crippen LogP contribution is 2.32. The predicted molar refractivity (Wildman–Crippen MR) is 89.9 cm³/mol. The van der Waals surface area contributed by atoms with E-state index in [4.69, 9.17) is 4.74 Å². The van der Waals surface area contributed by atoms with Gasteiger partial charge in [0.2, 0.25) is 5.91 Å². The van der Waals surface area contributed by atoms with E-state index in [0.717, 1.165) is 27.9 Å². The first kappa shape index (κ1) is 16.0. The lowest BCUT2D eigenvalue weighted by Crippen LogP contribution is -2.19. The van der Waals surface area contributed by atoms with E-state index in [1.165, 1.54) is 11.3 Å². The number of amides is 1. The summed E-state index contributed by atoms with van der Waals surface area (Å²) in [5.41, 5.74) is 1.81. The van der Waals surface area contributed by atoms with Crippen LogP contribution in [0.2, 0.25) is 0 Å². The number of methoxy groups -OCH3 is 1. The van der Waals surface area contributed by atoms with E-state index < -0.39 is 0 Å². The van der Waals surface area contributed by atoms with Gasteiger partial charge in [0.25, 0.3) is 0 Å². The van der Waals surface area contributed by atoms with Crippen LogP contribution in [0.15, 0.2) is 28.1 Å². The smallest absolute Gasteiger partial charge is 0.228 e. The molecular formula is C15H17BrN2O2S. The van der Waals surface area contributed by atoms with Crippen molar-refractivity contribution in [2.45, 2.75) is 20.3 Å². The van der Waals surface area contributed by atoms with E-state index in [-0.39, 0.29) is 11.8 Å². The first-order chi connectivity index (χ1) is 10.0. The maximum Gasteiger partial charge on any atom is 0.228 e. The molecule has 0 fully saturated rings. The van der Waals surface area contributed by atoms with Crippen LogP contribution in [-0.2, 0) is 4.79 Å². The highest BCUT2D eigenvalue weighted by molar-refractivity contribution is 9.10. The van der Waals surface area contributed by atoms with Crippen molar-refractivity contribution in [1.82, 2.24) is 4.98 Å². The molecule has 21 heavy (non-hydrogen) atoms. The third-order valence-corrected chi connectivity index (χ3v) is 4.62. The number of halogens is 1. The van der Waals surface area contributed by atoms with Gasteiger partial charge in [-0.3, -0.25) is 4.79 Å². The van der Waals surface area contributed by atoms with Crippen LogP contribution in [-0.4, -0.2) is 18.0 Å². The number of carbonyl (C=O) groups excluding carboxylic acids is 1. The quantitative estimate of drug-likeness (QED) is 0.840. The summed E-state index contributed by atoms with van der Waals surface area (Å²) in [6, 6.07) is 5.78. The SMILES string of the molecule is CC[C@@H](C)C(=O)Nc1nc(-c2ccc(OC)c(Br)c2)cs1. The summed E-state index contributed by atoms with van der Waals surface area (Å²) < 4.78 is 6.09. The summed E-state index contributed by atoms with van der Waals surface area (Å²) in [5.74, 6) is 0.779. The Morgan fingerprint density at radius 3 is 2.90 bits per heavy atom. The second kappa shape index (κ2) is 7.04. The maximum absolute atomic E-state index is 11.9. The fraction of sp³-hybridized carbons (Fsp3) is 0.333. The molecule has 0 radical (unpaired) electrons. The van der Waals surface area contributed by atoms with Gasteiger partial charge in [-0.05, 0) is 40.5 Å². The molecule has 0 aliphatic rings. The highest BCUT2D eigenvalue weighted by atomic mass is 79.9. The van der Waals surface area contributed by atoms with Crippen molar-refractivity contribution >= 4 is 38.3 Å². The van der Waals surface area contributed by atoms with E-state index in [1.54, 1.807) is 7.11 Å². The fourth-order valence-corrected chi connectivity index (χ4v) is 2.97. The monoisotopic (exact) mass is 368 g/mol. The molecule has 0 saturated heterocycles. The summed E-state index contributed by atoms with van der Waals surface area (Å²) in [6.07, 6.45) is 0.815. The molecule has 1 atom stereocenters. The Kier molecular flexibility index (Phi) is 5.36. The lowest BCUT2D eigenvalue weighted by Gasteiger charge is -2.07. The average Bonchev–Trinajstić information content (AvgIpc) is 2.94. The number of aromatic nitrogens is 1. The molecule has 112 valence electrons. The van der Waals surface area contributed by atoms with Gasteiger partial charge in [-0.2, -0.15) is 0 Å². The topological polar surface area (TPSA) is 51.2 Å². The predicted octanol–water partition coefficient (Wildman–Crippen LogP) is 4.57. The number of hydrogen-bond acceptors (Lipinski definition) is 4. The van der Waals surface area contributed by atoms with Gasteiger partial charge < -0.3 is 10.1 Å². The molecule has 0 aliphatic heterocycles. The minimum atomic E-state index is -0.00696. The van der Waals surface area contributed by atoms with Crippen molar-refractivity contribution < 1.29 is 9.53 Å². The van der Waals surface area contributed by atoms with Gasteiger partial charge in [0.05, 0.1) is 17.3 Å². The number of nitrogens with one attached hydrogen (secondary N) is 1. The minimum absolute atomic E-state index is 0.00696. The molecular weight excluding hydrogens is 352 g/mol. The first-order valence-electron chi connectivity index (χ1n) is 6.65. The van der Waals surface area contributed by atoms with Crippen molar-refractivity contribution in [3.63, 3.8) is 0 Å². The molecule has 2 aromatic rings. The lowest BCUT2D eigenvalue weighted by molar-refractivity contribution is -0.119. The highest BCUT2D eigenvalue weighted by Gasteiger charge is 2.13. The molecule has 0 saturated carbocycles. The lowest BCUT2D eigenvalue weighted by atomic mass is 10.1. The number of hydrogen-bond donors (Lipinski definition) is 1. The minimum Gasteiger partial charge on any atom is -0.496 e. The standard InChI is InChI=1S/C15H17BrN2O2S/c1-4-9(2)14(19)18-15-17-12(8-21-15)10-5-6-13(20-3)11(16)7-10/h5-9H,4H2,1-3H3,(H,17,18,19)/t9-/m1/s1. The summed E-state index contributed by atoms with van der Waals surface area (Å²) in [4.78, 5) is 16.3. The first-order valence-corrected chi connectivity index (χ1v) is 8.32. The molecule has 1 aromatic heterocycles. The Morgan fingerprint density at radius 1 is 1.52 bits per heavy atom. The van der Waals surface area contributed by atoms with Gasteiger partial charge >= 0.3 is 0 Å². The van der Waals surface area contributed by atoms with Gasteiger partial charge in [0.15, 0.2) is 5.13 Å². The molecule has 0 bridgehead atoms. The zero-order chi connectivity index (χ0) is 15.4. The second-order valence-corrected chi connectivity index (χ2v) is 6.40. The molecule has 1 aromatic carbocycles. The van der Waals surface area contributed by atoms with E-state index in [1.807, 2.05) is 37.4 Å². The Labute approximate surface area is 136 Å². The number of anilines is 1. The Balaban J connectivity index is 2.16. The molecule has 4 nitrogen and oxygen atoms in total. The number of thiazole rings is 1. The zero-order valence-corrected chi connectivity index (χ0v) is 14.5. The van der Waals surface area contributed by atoms with E-state index in [9.17, 15) is 4.79 Å². The van der Waals surface area contributed by atoms with Crippen molar-refractivity contribution in [2.75, 3.05) is 12.4 Å². The third-order valence-electron chi connectivity index (χ3n) is 3.24. The van der Waals surface area contributed by atoms with Crippen molar-refractivity contribution in [1.29, 1.82) is 0 Å². The second-order valence-electron chi connectivity index (χ2n) is 4.69. The van der Waals surface area contributed by atoms with Crippen LogP contribution in [0.1, 0.15) is 20.3 Å². The molecule has 6 heteroatoms. The molecule has 2 rings (SSSR count). The Morgan fingerprint density at radius 2 is 2.29 bits per heavy atom. The largest absolute Gasteiger partial charge is 0.496 e. The van der Waals surface area contributed by atoms with Gasteiger partial charge in [-0.15, -0.1) is 11.3 Å². The number of benzene rings is 1. The molecule has 1 N–H and O–H groups in total. The van der Waals surface area contributed by atoms with Gasteiger partial charge in [-0.25, -0.2) is 4.98 Å². The number of rotatable bonds is 5. The number of carbonyl (C=O) groups is 1. The van der Waals surface area contributed by atoms with E-state index in [0.29, 0.717) is 5.13 Å². The molecule has 0 unspecified atom stereocenters. The normalized spacial score (nSPS) is 12.0. The molecule has 1 amide bonds. The Hall–Kier alpha value is -1.40. The number of ether oxygens (including phenoxy) is 1. The van der Waals surface area contributed by atoms with Crippen LogP contribution in [0.3, 0.4) is 0 Å². The van der Waals surface area contributed by atoms with Crippen LogP contribution in [0.4, 0.5) is 5.13 Å². The van der Waals surface area contributed by atoms with Gasteiger partial charge in [0.1, 0.15) is 5.75 Å². The summed E-state index contributed by atoms with van der Waals surface area (Å²) in [5, 5.41) is 5.41. The molecule has 0 spiro atoms. The third kappa shape index (κ3) is 3.83. The van der Waals surface area contributed by atoms with Gasteiger partial charge in [-0.1, -0.05) is 13.8 Å². The van der Waals surface area contributed by atoms with Crippen LogP contribution < -0.4 is 10.1 Å². The van der Waals surface area contributed by atoms with Gasteiger partial charge in [0, 0.05) is 16.9 Å². The van der Waals surface area contributed by atoms with Crippen LogP contribution in [0, 0.1) is 5.92 Å². The fourth-order valence-electron chi connectivity index (χ4n) is 1.70. The van der Waals surface area contributed by atoms with Crippen LogP contribution in [0.5, 0.6) is 5.75 Å². The van der Waals surface area contributed by atoms with Crippen molar-refractivity contribution in [3.8, 4) is 17.0 Å². The van der Waals surface area contributed by atoms with E-state index >= 15 is 0 Å². The average molecular weight is 369 g/mol. The van der Waals surface area contributed by atoms with E-state index in [2.05, 4.69) is 26.2 Å². The molecule has 1 heterocycles. The van der Waals surface area contributed by atoms with Crippen molar-refractivity contribution in [3.05, 3.63) is 28.1 Å². The summed E-state index contributed by atoms with van der Waals surface area (Å²) in [7, 11) is 1.63. The van der Waals surface area contributed by atoms with Crippen molar-refractivity contribution in [2.24, 2.45) is 5.92 Å². The maximum atomic E-state index is 11.9. The van der Waals surface area contributed by atoms with Crippen LogP contribution >= 0.6 is 27.3 Å². The Bertz CT molecular complexity index is 642. The van der Waals surface area contributed by atoms with Crippen LogP contribution in [0.25, 0.3) is 11.3 Å². The number of nitrogens with zero attached hydrogens (tertiary/aromatic N) is 1. The summed E-state index contributed by atoms with van der Waals surface area (Å²) >= 11 is 4.89. The zero-order valence-electron chi connectivity index (χ0n) is 12.1.